The number of nitrogens with one attached hydrogen (secondary N) is 2. The van der Waals surface area contributed by atoms with Crippen molar-refractivity contribution in [3.05, 3.63) is 53.6 Å². The normalized spacial score (nSPS) is 18.7. The molecule has 0 radical (unpaired) electrons. The molecule has 2 aromatic carbocycles. The first-order chi connectivity index (χ1) is 15.3. The molecule has 0 bridgehead atoms. The Morgan fingerprint density at radius 1 is 1.16 bits per heavy atom. The van der Waals surface area contributed by atoms with Crippen LogP contribution in [0.1, 0.15) is 24.0 Å². The maximum absolute atomic E-state index is 13.2. The second-order valence-corrected chi connectivity index (χ2v) is 7.96. The molecule has 0 saturated carbocycles. The van der Waals surface area contributed by atoms with E-state index < -0.39 is 17.6 Å². The smallest absolute Gasteiger partial charge is 0.378 e. The molecule has 2 heterocycles. The third kappa shape index (κ3) is 5.04. The van der Waals surface area contributed by atoms with Crippen molar-refractivity contribution >= 4 is 28.9 Å². The highest BCUT2D eigenvalue weighted by molar-refractivity contribution is 5.97. The minimum Gasteiger partial charge on any atom is -0.378 e. The fraction of sp³-hybridized carbons (Fsp3) is 0.391. The molecular formula is C23H24F3N3O3. The monoisotopic (exact) mass is 447 g/mol. The summed E-state index contributed by atoms with van der Waals surface area (Å²) in [6.45, 7) is 1.98. The Morgan fingerprint density at radius 3 is 2.66 bits per heavy atom. The van der Waals surface area contributed by atoms with Crippen molar-refractivity contribution in [1.29, 1.82) is 0 Å². The van der Waals surface area contributed by atoms with Crippen molar-refractivity contribution in [1.82, 2.24) is 0 Å². The average molecular weight is 447 g/mol. The van der Waals surface area contributed by atoms with Gasteiger partial charge in [0.05, 0.1) is 30.2 Å². The number of anilines is 3. The summed E-state index contributed by atoms with van der Waals surface area (Å²) in [7, 11) is 0. The minimum atomic E-state index is -4.52. The van der Waals surface area contributed by atoms with Gasteiger partial charge >= 0.3 is 6.18 Å². The number of rotatable bonds is 5. The van der Waals surface area contributed by atoms with Crippen LogP contribution in [0.25, 0.3) is 0 Å². The summed E-state index contributed by atoms with van der Waals surface area (Å²) in [6, 6.07) is 10.9. The predicted octanol–water partition coefficient (Wildman–Crippen LogP) is 4.07. The summed E-state index contributed by atoms with van der Waals surface area (Å²) >= 11 is 0. The lowest BCUT2D eigenvalue weighted by molar-refractivity contribution is -0.137. The van der Waals surface area contributed by atoms with E-state index in [1.165, 1.54) is 6.07 Å². The number of halogens is 3. The minimum absolute atomic E-state index is 0.0268. The molecule has 2 aromatic rings. The van der Waals surface area contributed by atoms with Crippen LogP contribution in [-0.2, 0) is 26.9 Å². The molecule has 0 aromatic heterocycles. The second kappa shape index (κ2) is 9.20. The predicted molar refractivity (Wildman–Crippen MR) is 115 cm³/mol. The SMILES string of the molecule is O=C(CCC1Cc2ccccc2NC1=O)Nc1cc(C(F)(F)F)ccc1N1CCOCC1. The van der Waals surface area contributed by atoms with Crippen molar-refractivity contribution in [3.63, 3.8) is 0 Å². The lowest BCUT2D eigenvalue weighted by Gasteiger charge is -2.31. The Morgan fingerprint density at radius 2 is 1.91 bits per heavy atom. The van der Waals surface area contributed by atoms with Crippen molar-refractivity contribution < 1.29 is 27.5 Å². The van der Waals surface area contributed by atoms with Crippen LogP contribution in [0.15, 0.2) is 42.5 Å². The highest BCUT2D eigenvalue weighted by atomic mass is 19.4. The first-order valence-electron chi connectivity index (χ1n) is 10.5. The number of ether oxygens (including phenoxy) is 1. The summed E-state index contributed by atoms with van der Waals surface area (Å²) in [5, 5.41) is 5.49. The number of nitrogens with zero attached hydrogens (tertiary/aromatic N) is 1. The van der Waals surface area contributed by atoms with Gasteiger partial charge in [0.2, 0.25) is 11.8 Å². The van der Waals surface area contributed by atoms with Gasteiger partial charge < -0.3 is 20.3 Å². The van der Waals surface area contributed by atoms with Gasteiger partial charge in [-0.05, 0) is 42.7 Å². The van der Waals surface area contributed by atoms with Gasteiger partial charge in [0, 0.05) is 31.1 Å². The number of hydrogen-bond donors (Lipinski definition) is 2. The van der Waals surface area contributed by atoms with Crippen LogP contribution in [0.3, 0.4) is 0 Å². The van der Waals surface area contributed by atoms with Crippen molar-refractivity contribution in [2.75, 3.05) is 41.8 Å². The van der Waals surface area contributed by atoms with Gasteiger partial charge in [-0.2, -0.15) is 13.2 Å². The van der Waals surface area contributed by atoms with Crippen molar-refractivity contribution in [3.8, 4) is 0 Å². The molecular weight excluding hydrogens is 423 g/mol. The highest BCUT2D eigenvalue weighted by Crippen LogP contribution is 2.36. The summed E-state index contributed by atoms with van der Waals surface area (Å²) in [6.07, 6.45) is -3.66. The van der Waals surface area contributed by atoms with Gasteiger partial charge in [-0.25, -0.2) is 0 Å². The van der Waals surface area contributed by atoms with Crippen LogP contribution in [0.2, 0.25) is 0 Å². The van der Waals surface area contributed by atoms with Crippen LogP contribution in [-0.4, -0.2) is 38.1 Å². The molecule has 170 valence electrons. The summed E-state index contributed by atoms with van der Waals surface area (Å²) in [5.74, 6) is -0.939. The number of benzene rings is 2. The molecule has 6 nitrogen and oxygen atoms in total. The molecule has 2 N–H and O–H groups in total. The Labute approximate surface area is 183 Å². The molecule has 1 saturated heterocycles. The van der Waals surface area contributed by atoms with Crippen molar-refractivity contribution in [2.45, 2.75) is 25.4 Å². The number of fused-ring (bicyclic) bond motifs is 1. The highest BCUT2D eigenvalue weighted by Gasteiger charge is 2.32. The Kier molecular flexibility index (Phi) is 6.36. The number of alkyl halides is 3. The van der Waals surface area contributed by atoms with E-state index in [4.69, 9.17) is 4.74 Å². The molecule has 0 spiro atoms. The Balaban J connectivity index is 1.45. The van der Waals surface area contributed by atoms with E-state index in [1.54, 1.807) is 0 Å². The van der Waals surface area contributed by atoms with Gasteiger partial charge in [-0.1, -0.05) is 18.2 Å². The molecule has 2 amide bonds. The molecule has 1 fully saturated rings. The van der Waals surface area contributed by atoms with E-state index in [2.05, 4.69) is 10.6 Å². The molecule has 1 unspecified atom stereocenters. The van der Waals surface area contributed by atoms with Gasteiger partial charge in [0.1, 0.15) is 0 Å². The number of carbonyl (C=O) groups is 2. The molecule has 1 atom stereocenters. The maximum Gasteiger partial charge on any atom is 0.416 e. The summed E-state index contributed by atoms with van der Waals surface area (Å²) in [5.41, 5.74) is 1.60. The number of amides is 2. The zero-order valence-electron chi connectivity index (χ0n) is 17.4. The number of carbonyl (C=O) groups excluding carboxylic acids is 2. The molecule has 4 rings (SSSR count). The first-order valence-corrected chi connectivity index (χ1v) is 10.5. The Hall–Kier alpha value is -3.07. The van der Waals surface area contributed by atoms with Crippen LogP contribution < -0.4 is 15.5 Å². The number of para-hydroxylation sites is 1. The lowest BCUT2D eigenvalue weighted by Crippen LogP contribution is -2.37. The second-order valence-electron chi connectivity index (χ2n) is 7.96. The van der Waals surface area contributed by atoms with E-state index in [-0.39, 0.29) is 23.9 Å². The van der Waals surface area contributed by atoms with Gasteiger partial charge in [-0.15, -0.1) is 0 Å². The van der Waals surface area contributed by atoms with Crippen molar-refractivity contribution in [2.24, 2.45) is 5.92 Å². The van der Waals surface area contributed by atoms with Gasteiger partial charge in [-0.3, -0.25) is 9.59 Å². The number of morpholine rings is 1. The van der Waals surface area contributed by atoms with Gasteiger partial charge in [0.15, 0.2) is 0 Å². The zero-order valence-corrected chi connectivity index (χ0v) is 17.4. The van der Waals surface area contributed by atoms with Crippen LogP contribution in [0.4, 0.5) is 30.2 Å². The Bertz CT molecular complexity index is 1000. The molecule has 0 aliphatic carbocycles. The average Bonchev–Trinajstić information content (AvgIpc) is 2.77. The largest absolute Gasteiger partial charge is 0.416 e. The lowest BCUT2D eigenvalue weighted by atomic mass is 9.89. The summed E-state index contributed by atoms with van der Waals surface area (Å²) in [4.78, 5) is 26.9. The third-order valence-corrected chi connectivity index (χ3v) is 5.78. The quantitative estimate of drug-likeness (QED) is 0.725. The zero-order chi connectivity index (χ0) is 22.7. The fourth-order valence-corrected chi connectivity index (χ4v) is 4.06. The topological polar surface area (TPSA) is 70.7 Å². The van der Waals surface area contributed by atoms with Gasteiger partial charge in [0.25, 0.3) is 0 Å². The standard InChI is InChI=1S/C23H24F3N3O3/c24-23(25,26)17-6-7-20(29-9-11-32-12-10-29)19(14-17)27-21(30)8-5-16-13-15-3-1-2-4-18(15)28-22(16)31/h1-4,6-7,14,16H,5,8-13H2,(H,27,30)(H,28,31). The van der Waals surface area contributed by atoms with Crippen LogP contribution in [0.5, 0.6) is 0 Å². The molecule has 9 heteroatoms. The maximum atomic E-state index is 13.2. The van der Waals surface area contributed by atoms with E-state index in [1.807, 2.05) is 29.2 Å². The van der Waals surface area contributed by atoms with E-state index in [0.29, 0.717) is 44.8 Å². The molecule has 2 aliphatic rings. The van der Waals surface area contributed by atoms with Crippen LogP contribution >= 0.6 is 0 Å². The fourth-order valence-electron chi connectivity index (χ4n) is 4.06. The molecule has 2 aliphatic heterocycles. The van der Waals surface area contributed by atoms with Crippen LogP contribution in [0, 0.1) is 5.92 Å². The summed E-state index contributed by atoms with van der Waals surface area (Å²) < 4.78 is 45.0. The van der Waals surface area contributed by atoms with E-state index >= 15 is 0 Å². The third-order valence-electron chi connectivity index (χ3n) is 5.78. The number of hydrogen-bond acceptors (Lipinski definition) is 4. The molecule has 32 heavy (non-hydrogen) atoms. The van der Waals surface area contributed by atoms with E-state index in [9.17, 15) is 22.8 Å². The first kappa shape index (κ1) is 22.1. The van der Waals surface area contributed by atoms with E-state index in [0.717, 1.165) is 23.4 Å².